The first-order valence-corrected chi connectivity index (χ1v) is 8.67. The van der Waals surface area contributed by atoms with Crippen molar-refractivity contribution in [3.63, 3.8) is 0 Å². The van der Waals surface area contributed by atoms with Gasteiger partial charge in [0.15, 0.2) is 11.9 Å². The molecule has 3 rings (SSSR count). The zero-order valence-electron chi connectivity index (χ0n) is 12.8. The molecule has 1 saturated heterocycles. The van der Waals surface area contributed by atoms with Crippen LogP contribution in [0.15, 0.2) is 60.7 Å². The predicted octanol–water partition coefficient (Wildman–Crippen LogP) is 3.61. The van der Waals surface area contributed by atoms with Crippen molar-refractivity contribution in [1.29, 1.82) is 0 Å². The largest absolute Gasteiger partial charge is 0.369 e. The van der Waals surface area contributed by atoms with Gasteiger partial charge >= 0.3 is 7.60 Å². The maximum atomic E-state index is 13.1. The summed E-state index contributed by atoms with van der Waals surface area (Å²) in [5.74, 6) is -0.247. The summed E-state index contributed by atoms with van der Waals surface area (Å²) in [6.45, 7) is 0. The van der Waals surface area contributed by atoms with Crippen molar-refractivity contribution in [3.05, 3.63) is 71.8 Å². The van der Waals surface area contributed by atoms with Crippen molar-refractivity contribution < 1.29 is 23.1 Å². The molecule has 1 fully saturated rings. The number of hydrogen-bond acceptors (Lipinski definition) is 5. The fraction of sp³-hybridized carbons (Fsp3) is 0.235. The third-order valence-corrected chi connectivity index (χ3v) is 6.34. The summed E-state index contributed by atoms with van der Waals surface area (Å²) < 4.78 is 29.0. The third kappa shape index (κ3) is 2.46. The Bertz CT molecular complexity index is 738. The van der Waals surface area contributed by atoms with Gasteiger partial charge in [-0.05, 0) is 5.56 Å². The van der Waals surface area contributed by atoms with E-state index in [1.54, 1.807) is 48.5 Å². The number of benzene rings is 2. The average Bonchev–Trinajstić information content (AvgIpc) is 3.39. The second-order valence-electron chi connectivity index (χ2n) is 5.15. The topological polar surface area (TPSA) is 65.1 Å². The number of ether oxygens (including phenoxy) is 1. The van der Waals surface area contributed by atoms with E-state index in [0.29, 0.717) is 11.1 Å². The van der Waals surface area contributed by atoms with Gasteiger partial charge in [0, 0.05) is 19.8 Å². The molecular weight excluding hydrogens is 315 g/mol. The fourth-order valence-electron chi connectivity index (χ4n) is 2.74. The second-order valence-corrected chi connectivity index (χ2v) is 7.54. The number of epoxide rings is 1. The monoisotopic (exact) mass is 332 g/mol. The third-order valence-electron chi connectivity index (χ3n) is 3.97. The van der Waals surface area contributed by atoms with Crippen LogP contribution in [-0.4, -0.2) is 26.1 Å². The Balaban J connectivity index is 2.04. The molecule has 0 radical (unpaired) electrons. The molecule has 23 heavy (non-hydrogen) atoms. The summed E-state index contributed by atoms with van der Waals surface area (Å²) in [4.78, 5) is 12.7. The van der Waals surface area contributed by atoms with E-state index < -0.39 is 19.0 Å². The molecule has 0 aromatic heterocycles. The molecule has 0 amide bonds. The predicted molar refractivity (Wildman–Crippen MR) is 85.4 cm³/mol. The van der Waals surface area contributed by atoms with Gasteiger partial charge < -0.3 is 13.8 Å². The normalized spacial score (nSPS) is 23.5. The van der Waals surface area contributed by atoms with Crippen molar-refractivity contribution in [2.24, 2.45) is 0 Å². The molecule has 120 valence electrons. The first-order valence-electron chi connectivity index (χ1n) is 7.13. The highest BCUT2D eigenvalue weighted by atomic mass is 31.2. The smallest absolute Gasteiger partial charge is 0.339 e. The van der Waals surface area contributed by atoms with Crippen LogP contribution >= 0.6 is 7.60 Å². The molecule has 2 atom stereocenters. The first kappa shape index (κ1) is 16.1. The van der Waals surface area contributed by atoms with Gasteiger partial charge in [-0.3, -0.25) is 9.36 Å². The van der Waals surface area contributed by atoms with E-state index in [1.165, 1.54) is 14.2 Å². The molecule has 1 aliphatic heterocycles. The molecule has 2 aromatic rings. The minimum absolute atomic E-state index is 0.247. The lowest BCUT2D eigenvalue weighted by Gasteiger charge is -2.22. The average molecular weight is 332 g/mol. The van der Waals surface area contributed by atoms with Crippen LogP contribution in [0, 0.1) is 0 Å². The number of carbonyl (C=O) groups is 1. The van der Waals surface area contributed by atoms with Gasteiger partial charge in [-0.25, -0.2) is 0 Å². The zero-order valence-corrected chi connectivity index (χ0v) is 13.7. The standard InChI is InChI=1S/C17H17O5P/c1-20-23(19,21-2)17(14-11-7-4-8-12-14)16(22-17)15(18)13-9-5-3-6-10-13/h3-12,16H,1-2H3/t16-,17-/m0/s1. The van der Waals surface area contributed by atoms with Gasteiger partial charge in [-0.2, -0.15) is 0 Å². The van der Waals surface area contributed by atoms with Gasteiger partial charge in [0.25, 0.3) is 0 Å². The van der Waals surface area contributed by atoms with Crippen molar-refractivity contribution >= 4 is 13.4 Å². The first-order chi connectivity index (χ1) is 11.1. The Morgan fingerprint density at radius 2 is 1.52 bits per heavy atom. The highest BCUT2D eigenvalue weighted by molar-refractivity contribution is 7.55. The minimum Gasteiger partial charge on any atom is -0.339 e. The Morgan fingerprint density at radius 1 is 1.00 bits per heavy atom. The van der Waals surface area contributed by atoms with E-state index in [-0.39, 0.29) is 5.78 Å². The lowest BCUT2D eigenvalue weighted by Crippen LogP contribution is -2.21. The van der Waals surface area contributed by atoms with E-state index in [0.717, 1.165) is 0 Å². The lowest BCUT2D eigenvalue weighted by atomic mass is 10.0. The van der Waals surface area contributed by atoms with E-state index in [2.05, 4.69) is 0 Å². The molecule has 0 unspecified atom stereocenters. The Morgan fingerprint density at radius 3 is 2.04 bits per heavy atom. The Kier molecular flexibility index (Phi) is 4.21. The summed E-state index contributed by atoms with van der Waals surface area (Å²) in [5, 5.41) is -1.40. The molecule has 5 nitrogen and oxygen atoms in total. The summed E-state index contributed by atoms with van der Waals surface area (Å²) in [5.41, 5.74) is 1.09. The van der Waals surface area contributed by atoms with E-state index in [1.807, 2.05) is 12.1 Å². The van der Waals surface area contributed by atoms with Crippen LogP contribution in [-0.2, 0) is 23.7 Å². The molecule has 1 heterocycles. The van der Waals surface area contributed by atoms with Crippen LogP contribution in [0.1, 0.15) is 15.9 Å². The zero-order chi connectivity index (χ0) is 16.5. The maximum absolute atomic E-state index is 13.1. The fourth-order valence-corrected chi connectivity index (χ4v) is 4.53. The van der Waals surface area contributed by atoms with Crippen molar-refractivity contribution in [3.8, 4) is 0 Å². The van der Waals surface area contributed by atoms with Crippen molar-refractivity contribution in [2.45, 2.75) is 11.4 Å². The Labute approximate surface area is 134 Å². The highest BCUT2D eigenvalue weighted by Crippen LogP contribution is 2.74. The van der Waals surface area contributed by atoms with E-state index in [9.17, 15) is 9.36 Å². The molecule has 0 N–H and O–H groups in total. The van der Waals surface area contributed by atoms with Crippen LogP contribution < -0.4 is 0 Å². The molecule has 0 spiro atoms. The maximum Gasteiger partial charge on any atom is 0.369 e. The number of ketones is 1. The molecule has 1 aliphatic rings. The van der Waals surface area contributed by atoms with Crippen LogP contribution in [0.25, 0.3) is 0 Å². The van der Waals surface area contributed by atoms with Crippen molar-refractivity contribution in [1.82, 2.24) is 0 Å². The summed E-state index contributed by atoms with van der Waals surface area (Å²) >= 11 is 0. The molecule has 6 heteroatoms. The van der Waals surface area contributed by atoms with Crippen LogP contribution in [0.4, 0.5) is 0 Å². The molecular formula is C17H17O5P. The molecule has 2 aromatic carbocycles. The number of Topliss-reactive ketones (excluding diaryl/α,β-unsaturated/α-hetero) is 1. The van der Waals surface area contributed by atoms with Gasteiger partial charge in [0.05, 0.1) is 0 Å². The second kappa shape index (κ2) is 6.02. The van der Waals surface area contributed by atoms with E-state index in [4.69, 9.17) is 13.8 Å². The van der Waals surface area contributed by atoms with Crippen LogP contribution in [0.5, 0.6) is 0 Å². The Hall–Kier alpha value is -1.78. The molecule has 0 saturated carbocycles. The minimum atomic E-state index is -3.67. The lowest BCUT2D eigenvalue weighted by molar-refractivity contribution is 0.0953. The summed E-state index contributed by atoms with van der Waals surface area (Å²) in [7, 11) is -1.08. The van der Waals surface area contributed by atoms with Gasteiger partial charge in [0.2, 0.25) is 5.34 Å². The number of hydrogen-bond donors (Lipinski definition) is 0. The van der Waals surface area contributed by atoms with Gasteiger partial charge in [-0.15, -0.1) is 0 Å². The van der Waals surface area contributed by atoms with E-state index >= 15 is 0 Å². The SMILES string of the molecule is COP(=O)(OC)[C@]1(c2ccccc2)O[C@H]1C(=O)c1ccccc1. The molecule has 0 aliphatic carbocycles. The summed E-state index contributed by atoms with van der Waals surface area (Å²) in [6.07, 6.45) is -0.905. The highest BCUT2D eigenvalue weighted by Gasteiger charge is 2.74. The summed E-state index contributed by atoms with van der Waals surface area (Å²) in [6, 6.07) is 17.7. The number of rotatable bonds is 6. The quantitative estimate of drug-likeness (QED) is 0.459. The number of carbonyl (C=O) groups excluding carboxylic acids is 1. The van der Waals surface area contributed by atoms with Gasteiger partial charge in [-0.1, -0.05) is 60.7 Å². The van der Waals surface area contributed by atoms with Crippen molar-refractivity contribution in [2.75, 3.05) is 14.2 Å². The molecule has 0 bridgehead atoms. The van der Waals surface area contributed by atoms with Gasteiger partial charge in [0.1, 0.15) is 0 Å². The van der Waals surface area contributed by atoms with Crippen LogP contribution in [0.3, 0.4) is 0 Å². The van der Waals surface area contributed by atoms with Crippen LogP contribution in [0.2, 0.25) is 0 Å².